The molecule has 0 saturated carbocycles. The van der Waals surface area contributed by atoms with Crippen molar-refractivity contribution >= 4 is 21.6 Å². The van der Waals surface area contributed by atoms with Crippen molar-refractivity contribution in [2.24, 2.45) is 0 Å². The Hall–Kier alpha value is -0.426. The van der Waals surface area contributed by atoms with Crippen molar-refractivity contribution in [2.75, 3.05) is 14.2 Å². The van der Waals surface area contributed by atoms with E-state index in [-0.39, 0.29) is 0 Å². The van der Waals surface area contributed by atoms with Gasteiger partial charge in [-0.2, -0.15) is 0 Å². The summed E-state index contributed by atoms with van der Waals surface area (Å²) >= 11 is 0. The summed E-state index contributed by atoms with van der Waals surface area (Å²) < 4.78 is 11.2. The second kappa shape index (κ2) is 4.88. The van der Waals surface area contributed by atoms with Gasteiger partial charge in [0.05, 0.1) is 0 Å². The highest BCUT2D eigenvalue weighted by Gasteiger charge is 2.38. The number of rotatable bonds is 4. The van der Waals surface area contributed by atoms with Crippen molar-refractivity contribution in [1.82, 2.24) is 0 Å². The largest absolute Gasteiger partial charge is 0.400 e. The number of benzene rings is 1. The van der Waals surface area contributed by atoms with Gasteiger partial charge in [-0.25, -0.2) is 0 Å². The molecule has 1 rings (SSSR count). The van der Waals surface area contributed by atoms with E-state index in [1.165, 1.54) is 5.19 Å². The van der Waals surface area contributed by atoms with Gasteiger partial charge >= 0.3 is 8.08 Å². The van der Waals surface area contributed by atoms with Gasteiger partial charge in [-0.05, 0) is 6.55 Å². The molecule has 0 aliphatic heterocycles. The average Bonchev–Trinajstić information content (AvgIpc) is 2.28. The van der Waals surface area contributed by atoms with Gasteiger partial charge in [0.1, 0.15) is 8.31 Å². The smallest absolute Gasteiger partial charge is 0.314 e. The normalized spacial score (nSPS) is 14.0. The van der Waals surface area contributed by atoms with E-state index >= 15 is 0 Å². The molecule has 1 aromatic rings. The van der Waals surface area contributed by atoms with E-state index in [9.17, 15) is 0 Å². The fourth-order valence-corrected chi connectivity index (χ4v) is 8.28. The van der Waals surface area contributed by atoms with Gasteiger partial charge in [-0.1, -0.05) is 42.1 Å². The summed E-state index contributed by atoms with van der Waals surface area (Å²) in [4.78, 5) is 0. The summed E-state index contributed by atoms with van der Waals surface area (Å²) in [6.45, 7) is 4.45. The molecule has 0 spiro atoms. The highest BCUT2D eigenvalue weighted by molar-refractivity contribution is 7.31. The van der Waals surface area contributed by atoms with Gasteiger partial charge in [0.2, 0.25) is 0 Å². The molecule has 0 N–H and O–H groups in total. The zero-order valence-corrected chi connectivity index (χ0v) is 11.4. The Morgan fingerprint density at radius 3 is 2.00 bits per heavy atom. The van der Waals surface area contributed by atoms with Crippen LogP contribution in [-0.4, -0.2) is 30.6 Å². The fraction of sp³-hybridized carbons (Fsp3) is 0.400. The van der Waals surface area contributed by atoms with E-state index in [1.54, 1.807) is 14.2 Å². The average molecular weight is 226 g/mol. The molecule has 0 fully saturated rings. The van der Waals surface area contributed by atoms with E-state index < -0.39 is 16.4 Å². The predicted octanol–water partition coefficient (Wildman–Crippen LogP) is 1.19. The molecule has 0 aliphatic rings. The topological polar surface area (TPSA) is 18.5 Å². The van der Waals surface area contributed by atoms with E-state index in [4.69, 9.17) is 8.85 Å². The van der Waals surface area contributed by atoms with Crippen molar-refractivity contribution in [3.8, 4) is 0 Å². The SMILES string of the molecule is CO[Si](C)(OC)[SiH](C)c1ccccc1. The van der Waals surface area contributed by atoms with Gasteiger partial charge in [-0.3, -0.25) is 0 Å². The third-order valence-electron chi connectivity index (χ3n) is 2.90. The molecule has 0 aliphatic carbocycles. The first-order valence-corrected chi connectivity index (χ1v) is 10.6. The summed E-state index contributed by atoms with van der Waals surface area (Å²) in [7, 11) is 0.533. The van der Waals surface area contributed by atoms with Gasteiger partial charge in [0, 0.05) is 14.2 Å². The maximum absolute atomic E-state index is 5.58. The summed E-state index contributed by atoms with van der Waals surface area (Å²) in [6, 6.07) is 10.6. The van der Waals surface area contributed by atoms with Crippen LogP contribution >= 0.6 is 0 Å². The quantitative estimate of drug-likeness (QED) is 0.718. The van der Waals surface area contributed by atoms with Gasteiger partial charge in [0.25, 0.3) is 0 Å². The Morgan fingerprint density at radius 2 is 1.57 bits per heavy atom. The number of hydrogen-bond acceptors (Lipinski definition) is 2. The Bertz CT molecular complexity index is 273. The highest BCUT2D eigenvalue weighted by Crippen LogP contribution is 2.09. The molecule has 4 heteroatoms. The minimum Gasteiger partial charge on any atom is -0.400 e. The second-order valence-electron chi connectivity index (χ2n) is 3.56. The molecular weight excluding hydrogens is 208 g/mol. The second-order valence-corrected chi connectivity index (χ2v) is 14.3. The van der Waals surface area contributed by atoms with Crippen molar-refractivity contribution in [1.29, 1.82) is 0 Å². The van der Waals surface area contributed by atoms with Crippen molar-refractivity contribution in [3.05, 3.63) is 30.3 Å². The molecule has 0 saturated heterocycles. The molecule has 1 aromatic carbocycles. The molecule has 0 aromatic heterocycles. The van der Waals surface area contributed by atoms with Crippen LogP contribution in [0.3, 0.4) is 0 Å². The van der Waals surface area contributed by atoms with Crippen LogP contribution in [0.25, 0.3) is 0 Å². The summed E-state index contributed by atoms with van der Waals surface area (Å²) in [5.74, 6) is 0. The van der Waals surface area contributed by atoms with E-state index in [1.807, 2.05) is 6.07 Å². The van der Waals surface area contributed by atoms with E-state index in [0.29, 0.717) is 0 Å². The molecule has 0 heterocycles. The lowest BCUT2D eigenvalue weighted by Gasteiger charge is -2.28. The van der Waals surface area contributed by atoms with Crippen LogP contribution < -0.4 is 5.19 Å². The lowest BCUT2D eigenvalue weighted by molar-refractivity contribution is 0.271. The molecular formula is C10H18O2Si2. The molecule has 78 valence electrons. The Kier molecular flexibility index (Phi) is 4.06. The van der Waals surface area contributed by atoms with Crippen LogP contribution in [0, 0.1) is 0 Å². The highest BCUT2D eigenvalue weighted by atomic mass is 29.3. The maximum atomic E-state index is 5.58. The van der Waals surface area contributed by atoms with Crippen LogP contribution in [0.4, 0.5) is 0 Å². The fourth-order valence-electron chi connectivity index (χ4n) is 1.48. The van der Waals surface area contributed by atoms with E-state index in [2.05, 4.69) is 37.4 Å². The molecule has 2 nitrogen and oxygen atoms in total. The molecule has 1 atom stereocenters. The van der Waals surface area contributed by atoms with Crippen LogP contribution in [-0.2, 0) is 8.85 Å². The van der Waals surface area contributed by atoms with Crippen LogP contribution in [0.15, 0.2) is 30.3 Å². The summed E-state index contributed by atoms with van der Waals surface area (Å²) in [6.07, 6.45) is 0. The van der Waals surface area contributed by atoms with Crippen LogP contribution in [0.5, 0.6) is 0 Å². The number of hydrogen-bond donors (Lipinski definition) is 0. The lowest BCUT2D eigenvalue weighted by atomic mass is 10.4. The zero-order valence-electron chi connectivity index (χ0n) is 9.28. The minimum absolute atomic E-state index is 1.10. The minimum atomic E-state index is -1.90. The zero-order chi connectivity index (χ0) is 10.6. The first-order chi connectivity index (χ1) is 6.64. The van der Waals surface area contributed by atoms with Crippen molar-refractivity contribution in [2.45, 2.75) is 13.1 Å². The third kappa shape index (κ3) is 2.33. The summed E-state index contributed by atoms with van der Waals surface area (Å²) in [5, 5.41) is 1.42. The van der Waals surface area contributed by atoms with Crippen LogP contribution in [0.1, 0.15) is 0 Å². The van der Waals surface area contributed by atoms with Gasteiger partial charge in [-0.15, -0.1) is 0 Å². The van der Waals surface area contributed by atoms with Gasteiger partial charge < -0.3 is 8.85 Å². The molecule has 0 radical (unpaired) electrons. The van der Waals surface area contributed by atoms with Crippen LogP contribution in [0.2, 0.25) is 13.1 Å². The lowest BCUT2D eigenvalue weighted by Crippen LogP contribution is -2.57. The third-order valence-corrected chi connectivity index (χ3v) is 14.6. The Morgan fingerprint density at radius 1 is 1.07 bits per heavy atom. The molecule has 0 bridgehead atoms. The molecule has 0 amide bonds. The molecule has 1 unspecified atom stereocenters. The molecule has 14 heavy (non-hydrogen) atoms. The Balaban J connectivity index is 2.89. The first kappa shape index (κ1) is 11.6. The predicted molar refractivity (Wildman–Crippen MR) is 64.7 cm³/mol. The van der Waals surface area contributed by atoms with E-state index in [0.717, 1.165) is 0 Å². The van der Waals surface area contributed by atoms with Crippen molar-refractivity contribution in [3.63, 3.8) is 0 Å². The maximum Gasteiger partial charge on any atom is 0.314 e. The standard InChI is InChI=1S/C10H18O2Si2/c1-11-14(4,12-2)13(3)10-8-6-5-7-9-10/h5-9,13H,1-4H3. The van der Waals surface area contributed by atoms with Crippen molar-refractivity contribution < 1.29 is 8.85 Å². The van der Waals surface area contributed by atoms with Gasteiger partial charge in [0.15, 0.2) is 0 Å². The first-order valence-electron chi connectivity index (χ1n) is 4.79. The monoisotopic (exact) mass is 226 g/mol. The Labute approximate surface area is 88.5 Å². The summed E-state index contributed by atoms with van der Waals surface area (Å²) in [5.41, 5.74) is 0.